The maximum absolute atomic E-state index is 12.7. The molecule has 8 nitrogen and oxygen atoms in total. The van der Waals surface area contributed by atoms with Crippen LogP contribution in [-0.2, 0) is 10.2 Å². The Labute approximate surface area is 163 Å². The fourth-order valence-electron chi connectivity index (χ4n) is 2.93. The van der Waals surface area contributed by atoms with Gasteiger partial charge in [-0.05, 0) is 31.2 Å². The molecular formula is C20H24N6O2. The molecule has 0 saturated carbocycles. The first-order valence-corrected chi connectivity index (χ1v) is 9.14. The Morgan fingerprint density at radius 3 is 2.57 bits per heavy atom. The second-order valence-electron chi connectivity index (χ2n) is 7.99. The highest BCUT2D eigenvalue weighted by atomic mass is 16.2. The molecule has 0 aliphatic carbocycles. The summed E-state index contributed by atoms with van der Waals surface area (Å²) in [5.41, 5.74) is 1.47. The molecule has 2 amide bonds. The Morgan fingerprint density at radius 1 is 1.32 bits per heavy atom. The number of carbonyl (C=O) groups excluding carboxylic acids is 2. The molecule has 1 saturated heterocycles. The number of aromatic nitrogens is 2. The van der Waals surface area contributed by atoms with Gasteiger partial charge >= 0.3 is 0 Å². The zero-order chi connectivity index (χ0) is 20.5. The predicted molar refractivity (Wildman–Crippen MR) is 104 cm³/mol. The van der Waals surface area contributed by atoms with E-state index in [9.17, 15) is 9.59 Å². The second kappa shape index (κ2) is 7.44. The molecule has 1 aliphatic heterocycles. The summed E-state index contributed by atoms with van der Waals surface area (Å²) in [5, 5.41) is 22.5. The minimum absolute atomic E-state index is 0.0110. The van der Waals surface area contributed by atoms with Crippen molar-refractivity contribution in [2.75, 3.05) is 5.32 Å². The van der Waals surface area contributed by atoms with Crippen LogP contribution in [0, 0.1) is 11.3 Å². The van der Waals surface area contributed by atoms with Gasteiger partial charge in [-0.3, -0.25) is 14.9 Å². The summed E-state index contributed by atoms with van der Waals surface area (Å²) in [6.45, 7) is 8.01. The molecule has 3 rings (SSSR count). The van der Waals surface area contributed by atoms with Crippen LogP contribution in [0.25, 0.3) is 0 Å². The first kappa shape index (κ1) is 19.6. The Bertz CT molecular complexity index is 933. The standard InChI is InChI=1S/C20H24N6O2/c1-12-9-17(27)24-19(22-12)26-16(10-15(25-26)20(2,3)4)23-18(28)14-7-5-13(11-21)6-8-14/h5-8,10,12,19,22H,9H2,1-4H3,(H,23,28)(H,24,27). The van der Waals surface area contributed by atoms with Crippen LogP contribution < -0.4 is 16.0 Å². The predicted octanol–water partition coefficient (Wildman–Crippen LogP) is 2.26. The van der Waals surface area contributed by atoms with Gasteiger partial charge in [-0.15, -0.1) is 0 Å². The molecule has 0 spiro atoms. The Hall–Kier alpha value is -3.18. The van der Waals surface area contributed by atoms with Crippen molar-refractivity contribution in [2.45, 2.75) is 51.9 Å². The number of nitrogens with one attached hydrogen (secondary N) is 3. The molecule has 3 N–H and O–H groups in total. The van der Waals surface area contributed by atoms with Crippen molar-refractivity contribution in [3.63, 3.8) is 0 Å². The van der Waals surface area contributed by atoms with E-state index in [0.717, 1.165) is 5.69 Å². The van der Waals surface area contributed by atoms with Gasteiger partial charge in [-0.2, -0.15) is 10.4 Å². The van der Waals surface area contributed by atoms with Crippen molar-refractivity contribution >= 4 is 17.6 Å². The topological polar surface area (TPSA) is 112 Å². The third kappa shape index (κ3) is 4.21. The molecule has 1 fully saturated rings. The number of nitrogens with zero attached hydrogens (tertiary/aromatic N) is 3. The molecule has 2 atom stereocenters. The Balaban J connectivity index is 1.92. The highest BCUT2D eigenvalue weighted by Gasteiger charge is 2.29. The fraction of sp³-hybridized carbons (Fsp3) is 0.400. The zero-order valence-corrected chi connectivity index (χ0v) is 16.4. The first-order valence-electron chi connectivity index (χ1n) is 9.14. The third-order valence-electron chi connectivity index (χ3n) is 4.50. The van der Waals surface area contributed by atoms with Crippen molar-refractivity contribution in [1.29, 1.82) is 5.26 Å². The molecule has 2 heterocycles. The molecule has 1 aromatic carbocycles. The first-order chi connectivity index (χ1) is 13.2. The molecule has 0 bridgehead atoms. The number of carbonyl (C=O) groups is 2. The summed E-state index contributed by atoms with van der Waals surface area (Å²) in [7, 11) is 0. The number of amides is 2. The van der Waals surface area contributed by atoms with Crippen LogP contribution in [0.4, 0.5) is 5.82 Å². The van der Waals surface area contributed by atoms with Crippen molar-refractivity contribution in [3.05, 3.63) is 47.2 Å². The fourth-order valence-corrected chi connectivity index (χ4v) is 2.93. The molecular weight excluding hydrogens is 356 g/mol. The van der Waals surface area contributed by atoms with Gasteiger partial charge in [0.15, 0.2) is 6.29 Å². The highest BCUT2D eigenvalue weighted by molar-refractivity contribution is 6.03. The number of rotatable bonds is 3. The van der Waals surface area contributed by atoms with Crippen molar-refractivity contribution in [2.24, 2.45) is 0 Å². The minimum Gasteiger partial charge on any atom is -0.322 e. The molecule has 1 aliphatic rings. The van der Waals surface area contributed by atoms with E-state index in [1.54, 1.807) is 28.9 Å². The van der Waals surface area contributed by atoms with Crippen LogP contribution in [0.15, 0.2) is 30.3 Å². The van der Waals surface area contributed by atoms with Gasteiger partial charge in [0.2, 0.25) is 5.91 Å². The molecule has 8 heteroatoms. The van der Waals surface area contributed by atoms with Gasteiger partial charge < -0.3 is 10.6 Å². The van der Waals surface area contributed by atoms with Crippen molar-refractivity contribution in [1.82, 2.24) is 20.4 Å². The monoisotopic (exact) mass is 380 g/mol. The molecule has 2 aromatic rings. The largest absolute Gasteiger partial charge is 0.322 e. The molecule has 1 aromatic heterocycles. The molecule has 2 unspecified atom stereocenters. The van der Waals surface area contributed by atoms with E-state index in [1.807, 2.05) is 39.8 Å². The average molecular weight is 380 g/mol. The third-order valence-corrected chi connectivity index (χ3v) is 4.50. The van der Waals surface area contributed by atoms with Crippen LogP contribution in [0.1, 0.15) is 62.0 Å². The lowest BCUT2D eigenvalue weighted by Gasteiger charge is -2.30. The minimum atomic E-state index is -0.552. The Kier molecular flexibility index (Phi) is 5.21. The average Bonchev–Trinajstić information content (AvgIpc) is 3.05. The van der Waals surface area contributed by atoms with Gasteiger partial charge in [0.1, 0.15) is 5.82 Å². The summed E-state index contributed by atoms with van der Waals surface area (Å²) in [6, 6.07) is 10.2. The van der Waals surface area contributed by atoms with E-state index in [0.29, 0.717) is 23.4 Å². The van der Waals surface area contributed by atoms with E-state index >= 15 is 0 Å². The number of anilines is 1. The lowest BCUT2D eigenvalue weighted by atomic mass is 9.92. The van der Waals surface area contributed by atoms with Crippen LogP contribution in [0.2, 0.25) is 0 Å². The number of hydrogen-bond acceptors (Lipinski definition) is 5. The summed E-state index contributed by atoms with van der Waals surface area (Å²) in [5.74, 6) is 0.0842. The van der Waals surface area contributed by atoms with Gasteiger partial charge in [0.25, 0.3) is 5.91 Å². The number of hydrogen-bond donors (Lipinski definition) is 3. The molecule has 28 heavy (non-hydrogen) atoms. The zero-order valence-electron chi connectivity index (χ0n) is 16.4. The SMILES string of the molecule is CC1CC(=O)NC(n2nc(C(C)(C)C)cc2NC(=O)c2ccc(C#N)cc2)N1. The summed E-state index contributed by atoms with van der Waals surface area (Å²) in [6.07, 6.45) is -0.166. The lowest BCUT2D eigenvalue weighted by molar-refractivity contribution is -0.125. The summed E-state index contributed by atoms with van der Waals surface area (Å²) in [4.78, 5) is 24.7. The highest BCUT2D eigenvalue weighted by Crippen LogP contribution is 2.26. The van der Waals surface area contributed by atoms with Crippen LogP contribution in [0.3, 0.4) is 0 Å². The van der Waals surface area contributed by atoms with E-state index in [4.69, 9.17) is 5.26 Å². The maximum atomic E-state index is 12.7. The molecule has 146 valence electrons. The van der Waals surface area contributed by atoms with Crippen LogP contribution >= 0.6 is 0 Å². The van der Waals surface area contributed by atoms with Crippen molar-refractivity contribution in [3.8, 4) is 6.07 Å². The van der Waals surface area contributed by atoms with E-state index in [2.05, 4.69) is 21.0 Å². The van der Waals surface area contributed by atoms with E-state index in [1.165, 1.54) is 0 Å². The van der Waals surface area contributed by atoms with Crippen LogP contribution in [0.5, 0.6) is 0 Å². The number of benzene rings is 1. The normalized spacial score (nSPS) is 19.6. The van der Waals surface area contributed by atoms with Gasteiger partial charge in [-0.1, -0.05) is 20.8 Å². The number of nitriles is 1. The second-order valence-corrected chi connectivity index (χ2v) is 7.99. The quantitative estimate of drug-likeness (QED) is 0.756. The maximum Gasteiger partial charge on any atom is 0.256 e. The lowest BCUT2D eigenvalue weighted by Crippen LogP contribution is -2.52. The van der Waals surface area contributed by atoms with Gasteiger partial charge in [-0.25, -0.2) is 4.68 Å². The van der Waals surface area contributed by atoms with Crippen molar-refractivity contribution < 1.29 is 9.59 Å². The Morgan fingerprint density at radius 2 is 2.00 bits per heavy atom. The van der Waals surface area contributed by atoms with Gasteiger partial charge in [0, 0.05) is 29.5 Å². The smallest absolute Gasteiger partial charge is 0.256 e. The summed E-state index contributed by atoms with van der Waals surface area (Å²) >= 11 is 0. The van der Waals surface area contributed by atoms with E-state index < -0.39 is 6.29 Å². The van der Waals surface area contributed by atoms with Gasteiger partial charge in [0.05, 0.1) is 17.3 Å². The summed E-state index contributed by atoms with van der Waals surface area (Å²) < 4.78 is 1.59. The molecule has 0 radical (unpaired) electrons. The van der Waals surface area contributed by atoms with E-state index in [-0.39, 0.29) is 23.3 Å². The van der Waals surface area contributed by atoms with Crippen LogP contribution in [-0.4, -0.2) is 27.6 Å².